The second-order valence-corrected chi connectivity index (χ2v) is 14.4. The average molecular weight is 366 g/mol. The van der Waals surface area contributed by atoms with Crippen LogP contribution in [0.25, 0.3) is 0 Å². The lowest BCUT2D eigenvalue weighted by Gasteiger charge is -2.36. The van der Waals surface area contributed by atoms with E-state index in [4.69, 9.17) is 13.7 Å². The molecule has 0 aliphatic carbocycles. The van der Waals surface area contributed by atoms with Crippen molar-refractivity contribution in [3.63, 3.8) is 0 Å². The van der Waals surface area contributed by atoms with Gasteiger partial charge in [0, 0.05) is 11.7 Å². The molecule has 0 radical (unpaired) electrons. The molecule has 0 unspecified atom stereocenters. The van der Waals surface area contributed by atoms with Crippen molar-refractivity contribution in [1.82, 2.24) is 9.78 Å². The van der Waals surface area contributed by atoms with E-state index in [0.717, 1.165) is 17.7 Å². The Hall–Kier alpha value is -0.628. The Morgan fingerprint density at radius 2 is 1.68 bits per heavy atom. The maximum atomic E-state index is 6.25. The third-order valence-electron chi connectivity index (χ3n) is 6.08. The predicted molar refractivity (Wildman–Crippen MR) is 106 cm³/mol. The molecule has 1 aliphatic rings. The van der Waals surface area contributed by atoms with Crippen LogP contribution in [0.1, 0.15) is 54.2 Å². The number of hydrogen-bond acceptors (Lipinski definition) is 4. The van der Waals surface area contributed by atoms with Crippen molar-refractivity contribution in [2.75, 3.05) is 6.61 Å². The summed E-state index contributed by atoms with van der Waals surface area (Å²) < 4.78 is 20.5. The van der Waals surface area contributed by atoms with E-state index in [2.05, 4.69) is 66.7 Å². The Morgan fingerprint density at radius 3 is 2.16 bits per heavy atom. The molecule has 25 heavy (non-hydrogen) atoms. The largest absolute Gasteiger partial charge is 0.498 e. The zero-order valence-corrected chi connectivity index (χ0v) is 18.7. The smallest absolute Gasteiger partial charge is 0.415 e. The van der Waals surface area contributed by atoms with E-state index < -0.39 is 8.32 Å². The molecule has 7 heteroatoms. The lowest BCUT2D eigenvalue weighted by atomic mass is 9.79. The maximum Gasteiger partial charge on any atom is 0.498 e. The van der Waals surface area contributed by atoms with Gasteiger partial charge in [0.25, 0.3) is 0 Å². The molecule has 5 nitrogen and oxygen atoms in total. The van der Waals surface area contributed by atoms with Gasteiger partial charge in [-0.3, -0.25) is 4.68 Å². The molecule has 142 valence electrons. The summed E-state index contributed by atoms with van der Waals surface area (Å²) in [7, 11) is -2.08. The van der Waals surface area contributed by atoms with E-state index in [-0.39, 0.29) is 23.4 Å². The van der Waals surface area contributed by atoms with Crippen molar-refractivity contribution in [3.8, 4) is 0 Å². The fourth-order valence-corrected chi connectivity index (χ4v) is 3.49. The summed E-state index contributed by atoms with van der Waals surface area (Å²) in [5.41, 5.74) is 1.28. The first-order chi connectivity index (χ1) is 11.2. The number of nitrogens with zero attached hydrogens (tertiary/aromatic N) is 2. The zero-order chi connectivity index (χ0) is 19.3. The Labute approximate surface area is 154 Å². The summed E-state index contributed by atoms with van der Waals surface area (Å²) in [5.74, 6) is 0. The van der Waals surface area contributed by atoms with Crippen molar-refractivity contribution >= 4 is 20.9 Å². The molecule has 0 saturated carbocycles. The first-order valence-corrected chi connectivity index (χ1v) is 12.1. The minimum Gasteiger partial charge on any atom is -0.415 e. The summed E-state index contributed by atoms with van der Waals surface area (Å²) in [6.45, 7) is 23.0. The molecule has 0 amide bonds. The first-order valence-electron chi connectivity index (χ1n) is 9.20. The third kappa shape index (κ3) is 4.21. The minimum atomic E-state index is -1.72. The molecule has 1 aromatic heterocycles. The van der Waals surface area contributed by atoms with Gasteiger partial charge in [0.05, 0.1) is 30.0 Å². The standard InChI is InChI=1S/C18H35BN2O3Si/c1-14-15(19-23-17(5,6)18(7,8)24-19)13-21(20-14)11-12-22-25(9,10)16(2,3)4/h13H,11-12H2,1-10H3. The van der Waals surface area contributed by atoms with Crippen LogP contribution < -0.4 is 5.46 Å². The summed E-state index contributed by atoms with van der Waals surface area (Å²) in [6.07, 6.45) is 2.03. The summed E-state index contributed by atoms with van der Waals surface area (Å²) in [6, 6.07) is 0. The maximum absolute atomic E-state index is 6.25. The Kier molecular flexibility index (Phi) is 5.39. The number of aryl methyl sites for hydroxylation is 1. The second kappa shape index (κ2) is 6.52. The van der Waals surface area contributed by atoms with Crippen LogP contribution in [-0.2, 0) is 20.3 Å². The molecule has 0 spiro atoms. The predicted octanol–water partition coefficient (Wildman–Crippen LogP) is 3.51. The highest BCUT2D eigenvalue weighted by atomic mass is 28.4. The van der Waals surface area contributed by atoms with Gasteiger partial charge in [-0.2, -0.15) is 5.10 Å². The Bertz CT molecular complexity index is 604. The monoisotopic (exact) mass is 366 g/mol. The van der Waals surface area contributed by atoms with E-state index in [0.29, 0.717) is 6.61 Å². The summed E-state index contributed by atoms with van der Waals surface area (Å²) >= 11 is 0. The average Bonchev–Trinajstić information content (AvgIpc) is 2.86. The molecule has 1 saturated heterocycles. The number of aromatic nitrogens is 2. The van der Waals surface area contributed by atoms with Crippen LogP contribution in [-0.4, -0.2) is 43.0 Å². The lowest BCUT2D eigenvalue weighted by molar-refractivity contribution is 0.00578. The van der Waals surface area contributed by atoms with Gasteiger partial charge in [-0.25, -0.2) is 0 Å². The van der Waals surface area contributed by atoms with Crippen LogP contribution in [0.5, 0.6) is 0 Å². The lowest BCUT2D eigenvalue weighted by Crippen LogP contribution is -2.41. The molecule has 2 heterocycles. The van der Waals surface area contributed by atoms with Crippen LogP contribution in [0.15, 0.2) is 6.20 Å². The highest BCUT2D eigenvalue weighted by Crippen LogP contribution is 2.37. The highest BCUT2D eigenvalue weighted by molar-refractivity contribution is 6.74. The molecular weight excluding hydrogens is 331 g/mol. The SMILES string of the molecule is Cc1nn(CCO[Si](C)(C)C(C)(C)C)cc1B1OC(C)(C)C(C)(C)O1. The molecule has 1 aromatic rings. The van der Waals surface area contributed by atoms with Gasteiger partial charge in [-0.1, -0.05) is 20.8 Å². The number of rotatable bonds is 5. The molecule has 0 atom stereocenters. The fourth-order valence-electron chi connectivity index (χ4n) is 2.46. The van der Waals surface area contributed by atoms with E-state index in [1.165, 1.54) is 0 Å². The van der Waals surface area contributed by atoms with Gasteiger partial charge < -0.3 is 13.7 Å². The zero-order valence-electron chi connectivity index (χ0n) is 17.7. The molecule has 1 fully saturated rings. The Balaban J connectivity index is 2.02. The van der Waals surface area contributed by atoms with Gasteiger partial charge in [0.2, 0.25) is 0 Å². The molecule has 2 rings (SSSR count). The van der Waals surface area contributed by atoms with Gasteiger partial charge >= 0.3 is 7.12 Å². The van der Waals surface area contributed by atoms with Crippen LogP contribution in [0.4, 0.5) is 0 Å². The Morgan fingerprint density at radius 1 is 1.16 bits per heavy atom. The van der Waals surface area contributed by atoms with Crippen molar-refractivity contribution < 1.29 is 13.7 Å². The summed E-state index contributed by atoms with van der Waals surface area (Å²) in [5, 5.41) is 4.85. The third-order valence-corrected chi connectivity index (χ3v) is 10.6. The second-order valence-electron chi connectivity index (χ2n) is 9.63. The van der Waals surface area contributed by atoms with Crippen LogP contribution in [0, 0.1) is 6.92 Å². The van der Waals surface area contributed by atoms with E-state index in [1.807, 2.05) is 17.8 Å². The van der Waals surface area contributed by atoms with Gasteiger partial charge in [0.15, 0.2) is 8.32 Å². The molecule has 0 aromatic carbocycles. The fraction of sp³-hybridized carbons (Fsp3) is 0.833. The van der Waals surface area contributed by atoms with E-state index >= 15 is 0 Å². The van der Waals surface area contributed by atoms with Gasteiger partial charge in [-0.05, 0) is 52.8 Å². The van der Waals surface area contributed by atoms with Crippen molar-refractivity contribution in [3.05, 3.63) is 11.9 Å². The molecule has 0 N–H and O–H groups in total. The minimum absolute atomic E-state index is 0.223. The van der Waals surface area contributed by atoms with E-state index in [1.54, 1.807) is 0 Å². The normalized spacial score (nSPS) is 20.3. The molecular formula is C18H35BN2O3Si. The summed E-state index contributed by atoms with van der Waals surface area (Å²) in [4.78, 5) is 0. The van der Waals surface area contributed by atoms with Crippen LogP contribution in [0.3, 0.4) is 0 Å². The van der Waals surface area contributed by atoms with Crippen molar-refractivity contribution in [1.29, 1.82) is 0 Å². The van der Waals surface area contributed by atoms with Gasteiger partial charge in [-0.15, -0.1) is 0 Å². The van der Waals surface area contributed by atoms with Crippen LogP contribution in [0.2, 0.25) is 18.1 Å². The number of hydrogen-bond donors (Lipinski definition) is 0. The molecule has 0 bridgehead atoms. The topological polar surface area (TPSA) is 45.5 Å². The highest BCUT2D eigenvalue weighted by Gasteiger charge is 2.52. The van der Waals surface area contributed by atoms with Crippen molar-refractivity contribution in [2.45, 2.75) is 91.3 Å². The van der Waals surface area contributed by atoms with Crippen molar-refractivity contribution in [2.24, 2.45) is 0 Å². The van der Waals surface area contributed by atoms with E-state index in [9.17, 15) is 0 Å². The first kappa shape index (κ1) is 20.7. The molecule has 1 aliphatic heterocycles. The quantitative estimate of drug-likeness (QED) is 0.748. The van der Waals surface area contributed by atoms with Crippen LogP contribution >= 0.6 is 0 Å². The van der Waals surface area contributed by atoms with Gasteiger partial charge in [0.1, 0.15) is 0 Å².